The van der Waals surface area contributed by atoms with E-state index in [1.54, 1.807) is 17.1 Å². The molecular weight excluding hydrogens is 337 g/mol. The summed E-state index contributed by atoms with van der Waals surface area (Å²) in [5.41, 5.74) is 0.218. The Kier molecular flexibility index (Phi) is 5.99. The molecule has 1 heterocycles. The Morgan fingerprint density at radius 3 is 2.83 bits per heavy atom. The van der Waals surface area contributed by atoms with Gasteiger partial charge in [-0.15, -0.1) is 5.10 Å². The molecule has 2 N–H and O–H groups in total. The van der Waals surface area contributed by atoms with Crippen molar-refractivity contribution in [1.29, 1.82) is 0 Å². The standard InChI is InChI=1S/C14H18FN5O3S/c1-11-9-12(3-4-13(11)15)24(22,23)18-10-14(21)16-5-2-7-20-8-6-17-19-20/h3-4,6,8-9,18H,2,5,7,10H2,1H3,(H,16,21). The highest BCUT2D eigenvalue weighted by atomic mass is 32.2. The lowest BCUT2D eigenvalue weighted by Crippen LogP contribution is -2.37. The number of hydrogen-bond acceptors (Lipinski definition) is 5. The molecule has 0 saturated heterocycles. The van der Waals surface area contributed by atoms with Gasteiger partial charge in [0.15, 0.2) is 0 Å². The normalized spacial score (nSPS) is 11.4. The lowest BCUT2D eigenvalue weighted by Gasteiger charge is -2.08. The molecule has 1 aromatic carbocycles. The first kappa shape index (κ1) is 18.0. The second kappa shape index (κ2) is 7.97. The molecule has 1 aromatic heterocycles. The van der Waals surface area contributed by atoms with Crippen LogP contribution in [-0.4, -0.2) is 42.4 Å². The maximum atomic E-state index is 13.2. The summed E-state index contributed by atoms with van der Waals surface area (Å²) in [6.07, 6.45) is 3.91. The van der Waals surface area contributed by atoms with Crippen LogP contribution in [0.4, 0.5) is 4.39 Å². The van der Waals surface area contributed by atoms with Crippen molar-refractivity contribution in [3.8, 4) is 0 Å². The Morgan fingerprint density at radius 2 is 2.17 bits per heavy atom. The number of aryl methyl sites for hydroxylation is 2. The third-order valence-corrected chi connectivity index (χ3v) is 4.62. The monoisotopic (exact) mass is 355 g/mol. The van der Waals surface area contributed by atoms with Gasteiger partial charge < -0.3 is 5.32 Å². The molecule has 2 rings (SSSR count). The molecule has 2 aromatic rings. The van der Waals surface area contributed by atoms with Gasteiger partial charge in [-0.25, -0.2) is 17.5 Å². The molecule has 130 valence electrons. The third kappa shape index (κ3) is 5.10. The fourth-order valence-corrected chi connectivity index (χ4v) is 2.98. The van der Waals surface area contributed by atoms with Crippen LogP contribution in [0, 0.1) is 12.7 Å². The third-order valence-electron chi connectivity index (χ3n) is 3.22. The van der Waals surface area contributed by atoms with Crippen LogP contribution >= 0.6 is 0 Å². The molecule has 10 heteroatoms. The van der Waals surface area contributed by atoms with E-state index >= 15 is 0 Å². The minimum absolute atomic E-state index is 0.0830. The van der Waals surface area contributed by atoms with Gasteiger partial charge >= 0.3 is 0 Å². The van der Waals surface area contributed by atoms with Gasteiger partial charge in [-0.1, -0.05) is 5.21 Å². The fraction of sp³-hybridized carbons (Fsp3) is 0.357. The van der Waals surface area contributed by atoms with Crippen molar-refractivity contribution in [1.82, 2.24) is 25.0 Å². The topological polar surface area (TPSA) is 106 Å². The van der Waals surface area contributed by atoms with Gasteiger partial charge in [0, 0.05) is 19.3 Å². The predicted octanol–water partition coefficient (Wildman–Crippen LogP) is 0.210. The number of rotatable bonds is 8. The summed E-state index contributed by atoms with van der Waals surface area (Å²) in [6, 6.07) is 3.45. The highest BCUT2D eigenvalue weighted by Gasteiger charge is 2.16. The molecule has 0 aliphatic heterocycles. The van der Waals surface area contributed by atoms with Crippen molar-refractivity contribution in [3.05, 3.63) is 42.0 Å². The lowest BCUT2D eigenvalue weighted by atomic mass is 10.2. The van der Waals surface area contributed by atoms with Crippen LogP contribution in [0.1, 0.15) is 12.0 Å². The Labute approximate surface area is 139 Å². The maximum Gasteiger partial charge on any atom is 0.241 e. The van der Waals surface area contributed by atoms with Crippen molar-refractivity contribution in [3.63, 3.8) is 0 Å². The molecule has 0 fully saturated rings. The molecule has 0 atom stereocenters. The molecule has 24 heavy (non-hydrogen) atoms. The van der Waals surface area contributed by atoms with Gasteiger partial charge in [0.25, 0.3) is 0 Å². The number of aromatic nitrogens is 3. The van der Waals surface area contributed by atoms with Crippen LogP contribution in [-0.2, 0) is 21.4 Å². The summed E-state index contributed by atoms with van der Waals surface area (Å²) in [5, 5.41) is 10.0. The molecule has 8 nitrogen and oxygen atoms in total. The van der Waals surface area contributed by atoms with Crippen LogP contribution in [0.3, 0.4) is 0 Å². The number of carbonyl (C=O) groups excluding carboxylic acids is 1. The van der Waals surface area contributed by atoms with Crippen LogP contribution in [0.25, 0.3) is 0 Å². The van der Waals surface area contributed by atoms with E-state index in [0.29, 0.717) is 19.5 Å². The molecule has 0 aliphatic rings. The summed E-state index contributed by atoms with van der Waals surface area (Å²) in [5.74, 6) is -0.935. The van der Waals surface area contributed by atoms with Crippen LogP contribution in [0.2, 0.25) is 0 Å². The first-order valence-electron chi connectivity index (χ1n) is 7.25. The summed E-state index contributed by atoms with van der Waals surface area (Å²) in [4.78, 5) is 11.6. The van der Waals surface area contributed by atoms with Gasteiger partial charge in [-0.2, -0.15) is 0 Å². The molecule has 0 unspecified atom stereocenters. The van der Waals surface area contributed by atoms with E-state index in [2.05, 4.69) is 20.4 Å². The predicted molar refractivity (Wildman–Crippen MR) is 84.0 cm³/mol. The second-order valence-electron chi connectivity index (χ2n) is 5.11. The van der Waals surface area contributed by atoms with E-state index in [1.807, 2.05) is 0 Å². The second-order valence-corrected chi connectivity index (χ2v) is 6.87. The van der Waals surface area contributed by atoms with Gasteiger partial charge in [0.1, 0.15) is 5.82 Å². The Balaban J connectivity index is 1.76. The Hall–Kier alpha value is -2.33. The first-order valence-corrected chi connectivity index (χ1v) is 8.73. The van der Waals surface area contributed by atoms with Gasteiger partial charge in [-0.05, 0) is 37.1 Å². The zero-order valence-corrected chi connectivity index (χ0v) is 13.9. The van der Waals surface area contributed by atoms with E-state index in [9.17, 15) is 17.6 Å². The number of hydrogen-bond donors (Lipinski definition) is 2. The average Bonchev–Trinajstić information content (AvgIpc) is 3.05. The van der Waals surface area contributed by atoms with Crippen LogP contribution in [0.15, 0.2) is 35.5 Å². The van der Waals surface area contributed by atoms with Crippen molar-refractivity contribution < 1.29 is 17.6 Å². The SMILES string of the molecule is Cc1cc(S(=O)(=O)NCC(=O)NCCCn2ccnn2)ccc1F. The van der Waals surface area contributed by atoms with Crippen molar-refractivity contribution >= 4 is 15.9 Å². The van der Waals surface area contributed by atoms with Gasteiger partial charge in [0.2, 0.25) is 15.9 Å². The highest BCUT2D eigenvalue weighted by Crippen LogP contribution is 2.13. The Morgan fingerprint density at radius 1 is 1.38 bits per heavy atom. The van der Waals surface area contributed by atoms with Crippen LogP contribution in [0.5, 0.6) is 0 Å². The molecule has 0 bridgehead atoms. The van der Waals surface area contributed by atoms with Crippen molar-refractivity contribution in [2.24, 2.45) is 0 Å². The number of nitrogens with zero attached hydrogens (tertiary/aromatic N) is 3. The summed E-state index contributed by atoms with van der Waals surface area (Å²) < 4.78 is 41.1. The van der Waals surface area contributed by atoms with E-state index in [4.69, 9.17) is 0 Å². The first-order chi connectivity index (χ1) is 11.4. The zero-order chi connectivity index (χ0) is 17.6. The van der Waals surface area contributed by atoms with Crippen molar-refractivity contribution in [2.45, 2.75) is 24.8 Å². The number of nitrogens with one attached hydrogen (secondary N) is 2. The highest BCUT2D eigenvalue weighted by molar-refractivity contribution is 7.89. The number of carbonyl (C=O) groups is 1. The van der Waals surface area contributed by atoms with E-state index in [1.165, 1.54) is 13.0 Å². The zero-order valence-electron chi connectivity index (χ0n) is 13.1. The van der Waals surface area contributed by atoms with E-state index in [-0.39, 0.29) is 17.0 Å². The number of halogens is 1. The molecule has 0 spiro atoms. The maximum absolute atomic E-state index is 13.2. The molecule has 0 saturated carbocycles. The summed E-state index contributed by atoms with van der Waals surface area (Å²) in [6.45, 7) is 2.06. The van der Waals surface area contributed by atoms with Crippen molar-refractivity contribution in [2.75, 3.05) is 13.1 Å². The minimum Gasteiger partial charge on any atom is -0.355 e. The molecular formula is C14H18FN5O3S. The smallest absolute Gasteiger partial charge is 0.241 e. The average molecular weight is 355 g/mol. The summed E-state index contributed by atoms with van der Waals surface area (Å²) in [7, 11) is -3.86. The molecule has 0 aliphatic carbocycles. The van der Waals surface area contributed by atoms with E-state index in [0.717, 1.165) is 12.1 Å². The summed E-state index contributed by atoms with van der Waals surface area (Å²) >= 11 is 0. The van der Waals surface area contributed by atoms with Crippen LogP contribution < -0.4 is 10.0 Å². The largest absolute Gasteiger partial charge is 0.355 e. The number of sulfonamides is 1. The number of benzene rings is 1. The van der Waals surface area contributed by atoms with Gasteiger partial charge in [0.05, 0.1) is 17.6 Å². The van der Waals surface area contributed by atoms with Gasteiger partial charge in [-0.3, -0.25) is 9.48 Å². The molecule has 0 radical (unpaired) electrons. The molecule has 1 amide bonds. The Bertz CT molecular complexity index is 793. The quantitative estimate of drug-likeness (QED) is 0.659. The lowest BCUT2D eigenvalue weighted by molar-refractivity contribution is -0.119. The van der Waals surface area contributed by atoms with E-state index < -0.39 is 21.7 Å². The minimum atomic E-state index is -3.86. The number of amides is 1. The fourth-order valence-electron chi connectivity index (χ4n) is 1.91.